The molecule has 1 aromatic rings. The standard InChI is InChI=1S/C18H25NO/c1-12-9-15-16-10-13-5-3-4-6-14(13)18(15,7-8-19-16)11-17(12)20-2/h3-6,12,15-17,19H,7-11H2,1-2H3/t12?,15-,16+,17+,18+/m0/s1. The van der Waals surface area contributed by atoms with Crippen LogP contribution in [0.5, 0.6) is 0 Å². The summed E-state index contributed by atoms with van der Waals surface area (Å²) in [6.45, 7) is 3.54. The molecule has 2 fully saturated rings. The average molecular weight is 271 g/mol. The minimum atomic E-state index is 0.373. The Hall–Kier alpha value is -0.860. The van der Waals surface area contributed by atoms with E-state index < -0.39 is 0 Å². The topological polar surface area (TPSA) is 21.3 Å². The van der Waals surface area contributed by atoms with E-state index in [0.29, 0.717) is 23.5 Å². The maximum Gasteiger partial charge on any atom is 0.0605 e. The highest BCUT2D eigenvalue weighted by atomic mass is 16.5. The van der Waals surface area contributed by atoms with Gasteiger partial charge in [-0.05, 0) is 55.2 Å². The predicted molar refractivity (Wildman–Crippen MR) is 80.9 cm³/mol. The number of benzene rings is 1. The van der Waals surface area contributed by atoms with Crippen molar-refractivity contribution in [2.24, 2.45) is 11.8 Å². The van der Waals surface area contributed by atoms with Gasteiger partial charge in [-0.2, -0.15) is 0 Å². The second-order valence-electron chi connectivity index (χ2n) is 7.13. The number of hydrogen-bond donors (Lipinski definition) is 1. The number of piperidine rings is 1. The van der Waals surface area contributed by atoms with Crippen molar-refractivity contribution in [1.29, 1.82) is 0 Å². The molecule has 2 aliphatic carbocycles. The molecule has 2 nitrogen and oxygen atoms in total. The van der Waals surface area contributed by atoms with Crippen LogP contribution in [-0.4, -0.2) is 25.8 Å². The summed E-state index contributed by atoms with van der Waals surface area (Å²) in [4.78, 5) is 0. The summed E-state index contributed by atoms with van der Waals surface area (Å²) in [5.41, 5.74) is 3.58. The Morgan fingerprint density at radius 3 is 3.00 bits per heavy atom. The molecule has 0 aromatic heterocycles. The Morgan fingerprint density at radius 1 is 1.30 bits per heavy atom. The second kappa shape index (κ2) is 4.57. The lowest BCUT2D eigenvalue weighted by Crippen LogP contribution is -2.62. The van der Waals surface area contributed by atoms with Gasteiger partial charge in [0.2, 0.25) is 0 Å². The van der Waals surface area contributed by atoms with E-state index in [-0.39, 0.29) is 0 Å². The van der Waals surface area contributed by atoms with Crippen LogP contribution in [0.4, 0.5) is 0 Å². The molecular formula is C18H25NO. The van der Waals surface area contributed by atoms with Crippen molar-refractivity contribution in [1.82, 2.24) is 5.32 Å². The lowest BCUT2D eigenvalue weighted by atomic mass is 9.51. The van der Waals surface area contributed by atoms with Crippen molar-refractivity contribution >= 4 is 0 Å². The molecule has 1 saturated carbocycles. The smallest absolute Gasteiger partial charge is 0.0605 e. The van der Waals surface area contributed by atoms with Gasteiger partial charge in [0.05, 0.1) is 6.10 Å². The summed E-state index contributed by atoms with van der Waals surface area (Å²) in [5.74, 6) is 1.48. The molecule has 4 rings (SSSR count). The average Bonchev–Trinajstić information content (AvgIpc) is 2.46. The first kappa shape index (κ1) is 12.8. The van der Waals surface area contributed by atoms with E-state index in [1.165, 1.54) is 32.2 Å². The van der Waals surface area contributed by atoms with E-state index in [0.717, 1.165) is 5.92 Å². The lowest BCUT2D eigenvalue weighted by Gasteiger charge is -2.58. The maximum absolute atomic E-state index is 5.83. The molecule has 1 N–H and O–H groups in total. The predicted octanol–water partition coefficient (Wildman–Crippen LogP) is 2.90. The van der Waals surface area contributed by atoms with Crippen molar-refractivity contribution in [2.45, 2.75) is 50.2 Å². The van der Waals surface area contributed by atoms with Crippen molar-refractivity contribution in [2.75, 3.05) is 13.7 Å². The van der Waals surface area contributed by atoms with Gasteiger partial charge in [0, 0.05) is 18.6 Å². The fourth-order valence-electron chi connectivity index (χ4n) is 5.34. The summed E-state index contributed by atoms with van der Waals surface area (Å²) in [6.07, 6.45) is 5.44. The number of hydrogen-bond acceptors (Lipinski definition) is 2. The molecule has 2 heteroatoms. The van der Waals surface area contributed by atoms with E-state index in [2.05, 4.69) is 36.5 Å². The third-order valence-corrected chi connectivity index (χ3v) is 6.30. The molecule has 2 bridgehead atoms. The first-order valence-corrected chi connectivity index (χ1v) is 8.09. The van der Waals surface area contributed by atoms with Gasteiger partial charge in [0.25, 0.3) is 0 Å². The van der Waals surface area contributed by atoms with Crippen LogP contribution in [0.15, 0.2) is 24.3 Å². The van der Waals surface area contributed by atoms with Crippen LogP contribution in [0.1, 0.15) is 37.3 Å². The van der Waals surface area contributed by atoms with Crippen LogP contribution in [0.2, 0.25) is 0 Å². The highest BCUT2D eigenvalue weighted by Gasteiger charge is 2.54. The quantitative estimate of drug-likeness (QED) is 0.848. The number of methoxy groups -OCH3 is 1. The van der Waals surface area contributed by atoms with E-state index in [1.807, 2.05) is 7.11 Å². The van der Waals surface area contributed by atoms with Gasteiger partial charge in [0.15, 0.2) is 0 Å². The number of ether oxygens (including phenoxy) is 1. The van der Waals surface area contributed by atoms with Crippen LogP contribution in [0.25, 0.3) is 0 Å². The van der Waals surface area contributed by atoms with Gasteiger partial charge in [0.1, 0.15) is 0 Å². The summed E-state index contributed by atoms with van der Waals surface area (Å²) in [5, 5.41) is 3.80. The van der Waals surface area contributed by atoms with Crippen LogP contribution < -0.4 is 5.32 Å². The van der Waals surface area contributed by atoms with E-state index in [1.54, 1.807) is 11.1 Å². The van der Waals surface area contributed by atoms with Crippen molar-refractivity contribution < 1.29 is 4.74 Å². The molecule has 1 saturated heterocycles. The summed E-state index contributed by atoms with van der Waals surface area (Å²) in [7, 11) is 1.89. The Bertz CT molecular complexity index is 514. The minimum absolute atomic E-state index is 0.373. The molecule has 108 valence electrons. The zero-order valence-corrected chi connectivity index (χ0v) is 12.6. The molecule has 20 heavy (non-hydrogen) atoms. The fraction of sp³-hybridized carbons (Fsp3) is 0.667. The van der Waals surface area contributed by atoms with Crippen molar-refractivity contribution in [3.8, 4) is 0 Å². The Labute approximate surface area is 121 Å². The minimum Gasteiger partial charge on any atom is -0.381 e. The van der Waals surface area contributed by atoms with E-state index in [4.69, 9.17) is 4.74 Å². The zero-order valence-electron chi connectivity index (χ0n) is 12.6. The van der Waals surface area contributed by atoms with Crippen LogP contribution in [-0.2, 0) is 16.6 Å². The van der Waals surface area contributed by atoms with Gasteiger partial charge >= 0.3 is 0 Å². The van der Waals surface area contributed by atoms with E-state index >= 15 is 0 Å². The van der Waals surface area contributed by atoms with Gasteiger partial charge in [-0.3, -0.25) is 0 Å². The summed E-state index contributed by atoms with van der Waals surface area (Å²) in [6, 6.07) is 9.84. The van der Waals surface area contributed by atoms with Gasteiger partial charge in [-0.25, -0.2) is 0 Å². The Balaban J connectivity index is 1.84. The molecule has 3 aliphatic rings. The van der Waals surface area contributed by atoms with Crippen LogP contribution >= 0.6 is 0 Å². The Morgan fingerprint density at radius 2 is 2.15 bits per heavy atom. The molecule has 0 spiro atoms. The van der Waals surface area contributed by atoms with Crippen LogP contribution in [0.3, 0.4) is 0 Å². The highest BCUT2D eigenvalue weighted by Crippen LogP contribution is 2.55. The van der Waals surface area contributed by atoms with E-state index in [9.17, 15) is 0 Å². The third kappa shape index (κ3) is 1.64. The molecule has 1 aromatic carbocycles. The van der Waals surface area contributed by atoms with Crippen molar-refractivity contribution in [3.63, 3.8) is 0 Å². The largest absolute Gasteiger partial charge is 0.381 e. The molecule has 1 heterocycles. The number of rotatable bonds is 1. The molecule has 1 aliphatic heterocycles. The third-order valence-electron chi connectivity index (χ3n) is 6.30. The van der Waals surface area contributed by atoms with Gasteiger partial charge < -0.3 is 10.1 Å². The first-order valence-electron chi connectivity index (χ1n) is 8.09. The molecule has 5 atom stereocenters. The van der Waals surface area contributed by atoms with Crippen molar-refractivity contribution in [3.05, 3.63) is 35.4 Å². The second-order valence-corrected chi connectivity index (χ2v) is 7.13. The van der Waals surface area contributed by atoms with Gasteiger partial charge in [-0.15, -0.1) is 0 Å². The lowest BCUT2D eigenvalue weighted by molar-refractivity contribution is -0.0512. The molecular weight excluding hydrogens is 246 g/mol. The highest BCUT2D eigenvalue weighted by molar-refractivity contribution is 5.41. The van der Waals surface area contributed by atoms with Gasteiger partial charge in [-0.1, -0.05) is 31.2 Å². The normalized spacial score (nSPS) is 42.7. The molecule has 0 radical (unpaired) electrons. The summed E-state index contributed by atoms with van der Waals surface area (Å²) >= 11 is 0. The molecule has 1 unspecified atom stereocenters. The maximum atomic E-state index is 5.83. The summed E-state index contributed by atoms with van der Waals surface area (Å²) < 4.78 is 5.83. The Kier molecular flexibility index (Phi) is 2.94. The first-order chi connectivity index (χ1) is 9.74. The number of fused-ring (bicyclic) bond motifs is 1. The van der Waals surface area contributed by atoms with Crippen LogP contribution in [0, 0.1) is 11.8 Å². The number of nitrogens with one attached hydrogen (secondary N) is 1. The fourth-order valence-corrected chi connectivity index (χ4v) is 5.34. The molecule has 0 amide bonds. The monoisotopic (exact) mass is 271 g/mol. The SMILES string of the molecule is CO[C@@H]1C[C@]23CCN[C@H](Cc4ccccc42)[C@@H]3CC1C. The zero-order chi connectivity index (χ0) is 13.7.